The summed E-state index contributed by atoms with van der Waals surface area (Å²) in [5, 5.41) is 0. The minimum absolute atomic E-state index is 0.00883. The van der Waals surface area contributed by atoms with Gasteiger partial charge in [-0.3, -0.25) is 9.69 Å². The Balaban J connectivity index is 1.11. The second kappa shape index (κ2) is 8.04. The fourth-order valence-electron chi connectivity index (χ4n) is 5.07. The molecule has 0 radical (unpaired) electrons. The molecule has 0 unspecified atom stereocenters. The normalized spacial score (nSPS) is 21.2. The van der Waals surface area contributed by atoms with Gasteiger partial charge in [-0.2, -0.15) is 0 Å². The van der Waals surface area contributed by atoms with Crippen molar-refractivity contribution in [2.75, 3.05) is 56.1 Å². The third-order valence-corrected chi connectivity index (χ3v) is 7.49. The quantitative estimate of drug-likeness (QED) is 0.705. The van der Waals surface area contributed by atoms with Crippen LogP contribution in [0.5, 0.6) is 0 Å². The number of carbonyl (C=O) groups is 2. The molecule has 0 bridgehead atoms. The Bertz CT molecular complexity index is 1070. The lowest BCUT2D eigenvalue weighted by molar-refractivity contribution is 0.0746. The predicted octanol–water partition coefficient (Wildman–Crippen LogP) is 3.67. The van der Waals surface area contributed by atoms with Crippen molar-refractivity contribution in [1.29, 1.82) is 0 Å². The number of rotatable bonds is 5. The second-order valence-corrected chi connectivity index (χ2v) is 9.91. The van der Waals surface area contributed by atoms with Gasteiger partial charge in [0.15, 0.2) is 0 Å². The number of benzene rings is 1. The molecule has 0 atom stereocenters. The number of carbonyl (C=O) groups excluding carboxylic acids is 2. The van der Waals surface area contributed by atoms with Crippen molar-refractivity contribution >= 4 is 23.4 Å². The molecule has 3 heterocycles. The summed E-state index contributed by atoms with van der Waals surface area (Å²) in [7, 11) is 1.81. The number of pyridine rings is 1. The summed E-state index contributed by atoms with van der Waals surface area (Å²) in [4.78, 5) is 38.0. The number of nitrogens with zero attached hydrogens (tertiary/aromatic N) is 5. The molecule has 2 aromatic rings. The fraction of sp³-hybridized carbons (Fsp3) is 0.500. The van der Waals surface area contributed by atoms with Gasteiger partial charge in [0.25, 0.3) is 5.91 Å². The predicted molar refractivity (Wildman–Crippen MR) is 128 cm³/mol. The van der Waals surface area contributed by atoms with Crippen molar-refractivity contribution in [2.24, 2.45) is 0 Å². The van der Waals surface area contributed by atoms with E-state index in [1.54, 1.807) is 9.80 Å². The maximum atomic E-state index is 13.1. The molecule has 2 saturated heterocycles. The zero-order valence-electron chi connectivity index (χ0n) is 19.2. The number of piperazine rings is 1. The number of hydrogen-bond acceptors (Lipinski definition) is 4. The highest BCUT2D eigenvalue weighted by Crippen LogP contribution is 2.47. The van der Waals surface area contributed by atoms with Crippen molar-refractivity contribution < 1.29 is 9.59 Å². The third-order valence-electron chi connectivity index (χ3n) is 7.49. The van der Waals surface area contributed by atoms with E-state index in [2.05, 4.69) is 17.2 Å². The van der Waals surface area contributed by atoms with E-state index in [0.717, 1.165) is 37.1 Å². The summed E-state index contributed by atoms with van der Waals surface area (Å²) in [6.07, 6.45) is 7.24. The van der Waals surface area contributed by atoms with Crippen LogP contribution in [-0.2, 0) is 0 Å². The molecule has 0 N–H and O–H groups in total. The minimum Gasteiger partial charge on any atom is -0.353 e. The molecule has 7 heteroatoms. The molecule has 1 aromatic heterocycles. The molecule has 2 saturated carbocycles. The Morgan fingerprint density at radius 3 is 2.21 bits per heavy atom. The van der Waals surface area contributed by atoms with Crippen LogP contribution in [0.15, 0.2) is 36.5 Å². The summed E-state index contributed by atoms with van der Waals surface area (Å²) >= 11 is 0. The molecule has 33 heavy (non-hydrogen) atoms. The molecule has 0 spiro atoms. The average molecular weight is 446 g/mol. The highest BCUT2D eigenvalue weighted by Gasteiger charge is 2.33. The number of aromatic nitrogens is 1. The van der Waals surface area contributed by atoms with E-state index in [-0.39, 0.29) is 11.9 Å². The van der Waals surface area contributed by atoms with Crippen molar-refractivity contribution in [2.45, 2.75) is 37.5 Å². The first-order chi connectivity index (χ1) is 16.1. The minimum atomic E-state index is 0.00883. The van der Waals surface area contributed by atoms with Crippen LogP contribution in [0.4, 0.5) is 16.3 Å². The zero-order chi connectivity index (χ0) is 22.5. The van der Waals surface area contributed by atoms with Crippen molar-refractivity contribution in [3.63, 3.8) is 0 Å². The summed E-state index contributed by atoms with van der Waals surface area (Å²) in [5.41, 5.74) is 4.37. The Morgan fingerprint density at radius 1 is 0.909 bits per heavy atom. The van der Waals surface area contributed by atoms with Crippen LogP contribution < -0.4 is 9.80 Å². The summed E-state index contributed by atoms with van der Waals surface area (Å²) in [6.45, 7) is 4.44. The first kappa shape index (κ1) is 20.5. The van der Waals surface area contributed by atoms with Gasteiger partial charge >= 0.3 is 6.03 Å². The van der Waals surface area contributed by atoms with Crippen molar-refractivity contribution in [3.05, 3.63) is 53.2 Å². The first-order valence-electron chi connectivity index (χ1n) is 12.3. The van der Waals surface area contributed by atoms with E-state index >= 15 is 0 Å². The summed E-state index contributed by atoms with van der Waals surface area (Å²) < 4.78 is 0. The van der Waals surface area contributed by atoms with E-state index in [4.69, 9.17) is 4.98 Å². The maximum absolute atomic E-state index is 13.1. The number of likely N-dealkylation sites (N-methyl/N-ethyl adjacent to an activating group) is 1. The third kappa shape index (κ3) is 3.94. The van der Waals surface area contributed by atoms with Gasteiger partial charge in [0.1, 0.15) is 5.82 Å². The molecular formula is C26H31N5O2. The zero-order valence-corrected chi connectivity index (χ0v) is 19.2. The van der Waals surface area contributed by atoms with Crippen LogP contribution in [-0.4, -0.2) is 73.0 Å². The standard InChI is InChI=1S/C26H31N5O2/c1-28-10-15-31(26(28)33)22-8-6-20(7-9-22)25(32)30-13-11-29(12-14-30)24-23(19-4-5-19)16-21(17-27-24)18-2-3-18/h6-9,16-19H,2-5,10-15H2,1H3. The van der Waals surface area contributed by atoms with Crippen LogP contribution in [0, 0.1) is 0 Å². The number of urea groups is 1. The smallest absolute Gasteiger partial charge is 0.324 e. The number of hydrogen-bond donors (Lipinski definition) is 0. The van der Waals surface area contributed by atoms with Crippen LogP contribution in [0.1, 0.15) is 59.0 Å². The lowest BCUT2D eigenvalue weighted by Gasteiger charge is -2.36. The van der Waals surface area contributed by atoms with Gasteiger partial charge in [-0.15, -0.1) is 0 Å². The van der Waals surface area contributed by atoms with Gasteiger partial charge in [-0.05, 0) is 72.9 Å². The lowest BCUT2D eigenvalue weighted by atomic mass is 10.1. The average Bonchev–Trinajstić information content (AvgIpc) is 3.78. The van der Waals surface area contributed by atoms with Crippen LogP contribution in [0.25, 0.3) is 0 Å². The van der Waals surface area contributed by atoms with E-state index in [1.807, 2.05) is 36.2 Å². The van der Waals surface area contributed by atoms with E-state index in [1.165, 1.54) is 36.8 Å². The largest absolute Gasteiger partial charge is 0.353 e. The number of amides is 3. The van der Waals surface area contributed by atoms with E-state index in [0.29, 0.717) is 31.1 Å². The Morgan fingerprint density at radius 2 is 1.61 bits per heavy atom. The summed E-state index contributed by atoms with van der Waals surface area (Å²) in [6, 6.07) is 9.88. The highest BCUT2D eigenvalue weighted by atomic mass is 16.2. The van der Waals surface area contributed by atoms with Gasteiger partial charge in [0.2, 0.25) is 0 Å². The lowest BCUT2D eigenvalue weighted by Crippen LogP contribution is -2.49. The molecule has 6 rings (SSSR count). The number of anilines is 2. The van der Waals surface area contributed by atoms with Gasteiger partial charge in [0, 0.05) is 63.8 Å². The molecule has 2 aliphatic heterocycles. The van der Waals surface area contributed by atoms with Gasteiger partial charge in [-0.1, -0.05) is 6.07 Å². The topological polar surface area (TPSA) is 60.0 Å². The molecule has 2 aliphatic carbocycles. The molecule has 3 amide bonds. The van der Waals surface area contributed by atoms with Gasteiger partial charge < -0.3 is 14.7 Å². The van der Waals surface area contributed by atoms with Gasteiger partial charge in [0.05, 0.1) is 0 Å². The first-order valence-corrected chi connectivity index (χ1v) is 12.3. The molecular weight excluding hydrogens is 414 g/mol. The van der Waals surface area contributed by atoms with Gasteiger partial charge in [-0.25, -0.2) is 9.78 Å². The van der Waals surface area contributed by atoms with Crippen LogP contribution in [0.3, 0.4) is 0 Å². The van der Waals surface area contributed by atoms with E-state index in [9.17, 15) is 9.59 Å². The van der Waals surface area contributed by atoms with E-state index < -0.39 is 0 Å². The monoisotopic (exact) mass is 445 g/mol. The maximum Gasteiger partial charge on any atom is 0.324 e. The molecule has 1 aromatic carbocycles. The molecule has 4 fully saturated rings. The SMILES string of the molecule is CN1CCN(c2ccc(C(=O)N3CCN(c4ncc(C5CC5)cc4C4CC4)CC3)cc2)C1=O. The highest BCUT2D eigenvalue weighted by molar-refractivity contribution is 5.97. The van der Waals surface area contributed by atoms with Crippen LogP contribution in [0.2, 0.25) is 0 Å². The Kier molecular flexibility index (Phi) is 5.00. The van der Waals surface area contributed by atoms with Crippen molar-refractivity contribution in [3.8, 4) is 0 Å². The van der Waals surface area contributed by atoms with Crippen LogP contribution >= 0.6 is 0 Å². The Hall–Kier alpha value is -3.09. The second-order valence-electron chi connectivity index (χ2n) is 9.91. The molecule has 4 aliphatic rings. The fourth-order valence-corrected chi connectivity index (χ4v) is 5.07. The Labute approximate surface area is 195 Å². The molecule has 172 valence electrons. The molecule has 7 nitrogen and oxygen atoms in total. The summed E-state index contributed by atoms with van der Waals surface area (Å²) in [5.74, 6) is 2.60. The van der Waals surface area contributed by atoms with Crippen molar-refractivity contribution in [1.82, 2.24) is 14.8 Å².